The molecule has 1 heterocycles. The molecule has 1 aromatic carbocycles. The summed E-state index contributed by atoms with van der Waals surface area (Å²) in [4.78, 5) is 2.61. The number of fused-ring (bicyclic) bond motifs is 1. The van der Waals surface area contributed by atoms with Crippen LogP contribution < -0.4 is 4.74 Å². The molecule has 0 aromatic heterocycles. The summed E-state index contributed by atoms with van der Waals surface area (Å²) >= 11 is 0. The molecule has 106 valence electrons. The van der Waals surface area contributed by atoms with Gasteiger partial charge in [-0.15, -0.1) is 0 Å². The molecule has 1 aromatic rings. The molecule has 2 fully saturated rings. The molecule has 1 saturated carbocycles. The highest BCUT2D eigenvalue weighted by Crippen LogP contribution is 2.35. The van der Waals surface area contributed by atoms with Crippen LogP contribution in [-0.4, -0.2) is 30.6 Å². The molecule has 1 aliphatic carbocycles. The van der Waals surface area contributed by atoms with Gasteiger partial charge in [-0.2, -0.15) is 5.26 Å². The fraction of sp³-hybridized carbons (Fsp3) is 0.588. The maximum Gasteiger partial charge on any atom is 0.120 e. The first-order chi connectivity index (χ1) is 9.86. The van der Waals surface area contributed by atoms with Crippen LogP contribution in [0.1, 0.15) is 37.7 Å². The number of hydrogen-bond donors (Lipinski definition) is 0. The molecule has 0 bridgehead atoms. The summed E-state index contributed by atoms with van der Waals surface area (Å²) in [5, 5.41) is 8.88. The molecular weight excluding hydrogens is 248 g/mol. The Labute approximate surface area is 121 Å². The highest BCUT2D eigenvalue weighted by atomic mass is 16.5. The number of nitriles is 1. The zero-order valence-corrected chi connectivity index (χ0v) is 11.9. The second kappa shape index (κ2) is 6.28. The van der Waals surface area contributed by atoms with Crippen molar-refractivity contribution in [2.45, 2.75) is 38.1 Å². The first kappa shape index (κ1) is 13.5. The van der Waals surface area contributed by atoms with Gasteiger partial charge in [-0.25, -0.2) is 0 Å². The van der Waals surface area contributed by atoms with Gasteiger partial charge >= 0.3 is 0 Å². The molecule has 3 rings (SSSR count). The fourth-order valence-electron chi connectivity index (χ4n) is 3.72. The Kier molecular flexibility index (Phi) is 4.22. The number of benzene rings is 1. The average Bonchev–Trinajstić information content (AvgIpc) is 2.91. The van der Waals surface area contributed by atoms with E-state index in [1.165, 1.54) is 38.6 Å². The van der Waals surface area contributed by atoms with Crippen LogP contribution in [-0.2, 0) is 0 Å². The smallest absolute Gasteiger partial charge is 0.120 e. The van der Waals surface area contributed by atoms with Gasteiger partial charge < -0.3 is 4.74 Å². The maximum atomic E-state index is 8.88. The standard InChI is InChI=1S/C17H22N2O/c18-13-14-4-3-6-16(12-14)20-11-10-19-9-8-15-5-1-2-7-17(15)19/h3-4,6,12,15,17H,1-2,5,7-11H2. The Morgan fingerprint density at radius 2 is 2.15 bits per heavy atom. The summed E-state index contributed by atoms with van der Waals surface area (Å²) in [5.41, 5.74) is 0.663. The van der Waals surface area contributed by atoms with E-state index in [9.17, 15) is 0 Å². The minimum atomic E-state index is 0.663. The molecule has 20 heavy (non-hydrogen) atoms. The molecule has 2 aliphatic rings. The second-order valence-corrected chi connectivity index (χ2v) is 5.92. The van der Waals surface area contributed by atoms with Crippen LogP contribution in [0.2, 0.25) is 0 Å². The third-order valence-electron chi connectivity index (χ3n) is 4.74. The Hall–Kier alpha value is -1.53. The summed E-state index contributed by atoms with van der Waals surface area (Å²) in [7, 11) is 0. The number of nitrogens with zero attached hydrogens (tertiary/aromatic N) is 2. The van der Waals surface area contributed by atoms with Crippen LogP contribution in [0.25, 0.3) is 0 Å². The summed E-state index contributed by atoms with van der Waals surface area (Å²) in [6.45, 7) is 2.97. The summed E-state index contributed by atoms with van der Waals surface area (Å²) in [6.07, 6.45) is 6.98. The third-order valence-corrected chi connectivity index (χ3v) is 4.74. The fourth-order valence-corrected chi connectivity index (χ4v) is 3.72. The minimum absolute atomic E-state index is 0.663. The largest absolute Gasteiger partial charge is 0.492 e. The van der Waals surface area contributed by atoms with Crippen molar-refractivity contribution in [2.24, 2.45) is 5.92 Å². The van der Waals surface area contributed by atoms with Gasteiger partial charge in [-0.3, -0.25) is 4.90 Å². The molecule has 3 heteroatoms. The zero-order chi connectivity index (χ0) is 13.8. The predicted molar refractivity (Wildman–Crippen MR) is 78.6 cm³/mol. The lowest BCUT2D eigenvalue weighted by atomic mass is 9.85. The van der Waals surface area contributed by atoms with Crippen LogP contribution in [0.5, 0.6) is 5.75 Å². The Balaban J connectivity index is 1.49. The number of hydrogen-bond acceptors (Lipinski definition) is 3. The van der Waals surface area contributed by atoms with Crippen molar-refractivity contribution >= 4 is 0 Å². The molecule has 0 N–H and O–H groups in total. The van der Waals surface area contributed by atoms with E-state index in [1.54, 1.807) is 6.07 Å². The molecule has 1 aliphatic heterocycles. The third kappa shape index (κ3) is 2.96. The topological polar surface area (TPSA) is 36.3 Å². The predicted octanol–water partition coefficient (Wildman–Crippen LogP) is 3.20. The lowest BCUT2D eigenvalue weighted by Gasteiger charge is -2.31. The Bertz CT molecular complexity index is 494. The lowest BCUT2D eigenvalue weighted by molar-refractivity contribution is 0.154. The summed E-state index contributed by atoms with van der Waals surface area (Å²) in [5.74, 6) is 1.74. The first-order valence-corrected chi connectivity index (χ1v) is 7.74. The molecule has 2 unspecified atom stereocenters. The van der Waals surface area contributed by atoms with Crippen molar-refractivity contribution in [3.8, 4) is 11.8 Å². The highest BCUT2D eigenvalue weighted by molar-refractivity contribution is 5.36. The molecule has 0 spiro atoms. The average molecular weight is 270 g/mol. The van der Waals surface area contributed by atoms with Crippen LogP contribution in [0.15, 0.2) is 24.3 Å². The van der Waals surface area contributed by atoms with Gasteiger partial charge in [-0.05, 0) is 49.9 Å². The summed E-state index contributed by atoms with van der Waals surface area (Å²) < 4.78 is 5.80. The van der Waals surface area contributed by atoms with E-state index in [-0.39, 0.29) is 0 Å². The molecular formula is C17H22N2O. The second-order valence-electron chi connectivity index (χ2n) is 5.92. The van der Waals surface area contributed by atoms with E-state index in [0.29, 0.717) is 5.56 Å². The Morgan fingerprint density at radius 3 is 3.05 bits per heavy atom. The Morgan fingerprint density at radius 1 is 1.25 bits per heavy atom. The van der Waals surface area contributed by atoms with Crippen LogP contribution in [0, 0.1) is 17.2 Å². The van der Waals surface area contributed by atoms with Crippen molar-refractivity contribution in [3.05, 3.63) is 29.8 Å². The van der Waals surface area contributed by atoms with E-state index in [4.69, 9.17) is 10.00 Å². The zero-order valence-electron chi connectivity index (χ0n) is 11.9. The van der Waals surface area contributed by atoms with Gasteiger partial charge in [0.2, 0.25) is 0 Å². The van der Waals surface area contributed by atoms with E-state index in [2.05, 4.69) is 11.0 Å². The van der Waals surface area contributed by atoms with Crippen molar-refractivity contribution in [2.75, 3.05) is 19.7 Å². The monoisotopic (exact) mass is 270 g/mol. The number of rotatable bonds is 4. The molecule has 3 nitrogen and oxygen atoms in total. The number of likely N-dealkylation sites (tertiary alicyclic amines) is 1. The number of ether oxygens (including phenoxy) is 1. The summed E-state index contributed by atoms with van der Waals surface area (Å²) in [6, 6.07) is 10.4. The van der Waals surface area contributed by atoms with E-state index in [0.717, 1.165) is 30.9 Å². The van der Waals surface area contributed by atoms with Gasteiger partial charge in [0.25, 0.3) is 0 Å². The SMILES string of the molecule is N#Cc1cccc(OCCN2CCC3CCCCC32)c1. The van der Waals surface area contributed by atoms with E-state index < -0.39 is 0 Å². The van der Waals surface area contributed by atoms with E-state index in [1.807, 2.05) is 18.2 Å². The first-order valence-electron chi connectivity index (χ1n) is 7.74. The van der Waals surface area contributed by atoms with Gasteiger partial charge in [0.15, 0.2) is 0 Å². The minimum Gasteiger partial charge on any atom is -0.492 e. The molecule has 0 amide bonds. The van der Waals surface area contributed by atoms with Crippen molar-refractivity contribution in [1.29, 1.82) is 5.26 Å². The maximum absolute atomic E-state index is 8.88. The van der Waals surface area contributed by atoms with Crippen LogP contribution >= 0.6 is 0 Å². The molecule has 1 saturated heterocycles. The molecule has 0 radical (unpaired) electrons. The van der Waals surface area contributed by atoms with E-state index >= 15 is 0 Å². The molecule has 2 atom stereocenters. The van der Waals surface area contributed by atoms with Gasteiger partial charge in [0.1, 0.15) is 12.4 Å². The van der Waals surface area contributed by atoms with Gasteiger partial charge in [0.05, 0.1) is 11.6 Å². The van der Waals surface area contributed by atoms with Crippen molar-refractivity contribution in [1.82, 2.24) is 4.90 Å². The van der Waals surface area contributed by atoms with Crippen LogP contribution in [0.4, 0.5) is 0 Å². The van der Waals surface area contributed by atoms with Gasteiger partial charge in [0, 0.05) is 12.6 Å². The van der Waals surface area contributed by atoms with Crippen LogP contribution in [0.3, 0.4) is 0 Å². The van der Waals surface area contributed by atoms with Gasteiger partial charge in [-0.1, -0.05) is 18.9 Å². The van der Waals surface area contributed by atoms with Crippen molar-refractivity contribution in [3.63, 3.8) is 0 Å². The highest BCUT2D eigenvalue weighted by Gasteiger charge is 2.35. The quantitative estimate of drug-likeness (QED) is 0.843. The lowest BCUT2D eigenvalue weighted by Crippen LogP contribution is -2.37. The van der Waals surface area contributed by atoms with Crippen molar-refractivity contribution < 1.29 is 4.74 Å². The normalized spacial score (nSPS) is 25.9.